The highest BCUT2D eigenvalue weighted by molar-refractivity contribution is 8.00. The molecule has 1 atom stereocenters. The van der Waals surface area contributed by atoms with Gasteiger partial charge in [0.15, 0.2) is 0 Å². The van der Waals surface area contributed by atoms with E-state index in [-0.39, 0.29) is 23.2 Å². The monoisotopic (exact) mass is 260 g/mol. The van der Waals surface area contributed by atoms with Crippen LogP contribution in [0, 0.1) is 0 Å². The van der Waals surface area contributed by atoms with Gasteiger partial charge in [0.25, 0.3) is 0 Å². The van der Waals surface area contributed by atoms with E-state index in [2.05, 4.69) is 10.6 Å². The highest BCUT2D eigenvalue weighted by Gasteiger charge is 2.41. The van der Waals surface area contributed by atoms with E-state index in [0.717, 1.165) is 12.8 Å². The van der Waals surface area contributed by atoms with Crippen molar-refractivity contribution in [2.45, 2.75) is 43.4 Å². The van der Waals surface area contributed by atoms with Crippen LogP contribution in [0.25, 0.3) is 0 Å². The molecular weight excluding hydrogens is 240 g/mol. The molecule has 0 aliphatic heterocycles. The molecule has 1 saturated carbocycles. The van der Waals surface area contributed by atoms with Crippen LogP contribution in [0.3, 0.4) is 0 Å². The number of carbonyl (C=O) groups excluding carboxylic acids is 1. The molecule has 5 nitrogen and oxygen atoms in total. The Kier molecular flexibility index (Phi) is 5.11. The number of aliphatic carboxylic acids is 1. The molecule has 3 N–H and O–H groups in total. The first kappa shape index (κ1) is 14.2. The number of carboxylic acids is 1. The second kappa shape index (κ2) is 6.14. The zero-order chi connectivity index (χ0) is 12.9. The van der Waals surface area contributed by atoms with Crippen LogP contribution in [-0.2, 0) is 4.79 Å². The molecule has 0 heterocycles. The molecule has 0 spiro atoms. The maximum Gasteiger partial charge on any atom is 0.315 e. The standard InChI is InChI=1S/C11H20N2O3S/c1-3-8(6-9(14)15)13-10(16)12-7-11(17-2)4-5-11/h8H,3-7H2,1-2H3,(H,14,15)(H2,12,13,16). The molecule has 0 aromatic heterocycles. The van der Waals surface area contributed by atoms with E-state index in [9.17, 15) is 9.59 Å². The molecule has 0 aromatic rings. The third-order valence-electron chi connectivity index (χ3n) is 3.06. The van der Waals surface area contributed by atoms with E-state index in [1.54, 1.807) is 11.8 Å². The smallest absolute Gasteiger partial charge is 0.315 e. The van der Waals surface area contributed by atoms with Gasteiger partial charge in [0.2, 0.25) is 0 Å². The zero-order valence-corrected chi connectivity index (χ0v) is 11.1. The highest BCUT2D eigenvalue weighted by atomic mass is 32.2. The molecule has 2 amide bonds. The number of rotatable bonds is 7. The summed E-state index contributed by atoms with van der Waals surface area (Å²) in [4.78, 5) is 22.1. The van der Waals surface area contributed by atoms with E-state index >= 15 is 0 Å². The summed E-state index contributed by atoms with van der Waals surface area (Å²) in [5.41, 5.74) is 0. The predicted octanol–water partition coefficient (Wildman–Crippen LogP) is 1.43. The second-order valence-electron chi connectivity index (χ2n) is 4.42. The Morgan fingerprint density at radius 1 is 1.47 bits per heavy atom. The van der Waals surface area contributed by atoms with Crippen LogP contribution >= 0.6 is 11.8 Å². The van der Waals surface area contributed by atoms with Gasteiger partial charge in [-0.3, -0.25) is 4.79 Å². The molecule has 1 rings (SSSR count). The van der Waals surface area contributed by atoms with Crippen molar-refractivity contribution in [2.75, 3.05) is 12.8 Å². The molecule has 0 radical (unpaired) electrons. The zero-order valence-electron chi connectivity index (χ0n) is 10.3. The maximum absolute atomic E-state index is 11.6. The normalized spacial score (nSPS) is 18.2. The molecule has 0 bridgehead atoms. The topological polar surface area (TPSA) is 78.4 Å². The lowest BCUT2D eigenvalue weighted by Crippen LogP contribution is -2.45. The number of amides is 2. The van der Waals surface area contributed by atoms with Gasteiger partial charge in [-0.1, -0.05) is 6.92 Å². The summed E-state index contributed by atoms with van der Waals surface area (Å²) in [6.07, 6.45) is 4.92. The minimum Gasteiger partial charge on any atom is -0.481 e. The van der Waals surface area contributed by atoms with Crippen LogP contribution in [0.15, 0.2) is 0 Å². The van der Waals surface area contributed by atoms with Gasteiger partial charge in [0.1, 0.15) is 0 Å². The third-order valence-corrected chi connectivity index (χ3v) is 4.48. The molecule has 1 unspecified atom stereocenters. The summed E-state index contributed by atoms with van der Waals surface area (Å²) in [6, 6.07) is -0.560. The summed E-state index contributed by atoms with van der Waals surface area (Å²) in [6.45, 7) is 2.52. The lowest BCUT2D eigenvalue weighted by atomic mass is 10.1. The molecule has 1 aliphatic rings. The first-order valence-corrected chi connectivity index (χ1v) is 7.05. The number of nitrogens with one attached hydrogen (secondary N) is 2. The van der Waals surface area contributed by atoms with E-state index in [0.29, 0.717) is 13.0 Å². The van der Waals surface area contributed by atoms with Gasteiger partial charge in [0.05, 0.1) is 6.42 Å². The van der Waals surface area contributed by atoms with Gasteiger partial charge in [-0.05, 0) is 25.5 Å². The van der Waals surface area contributed by atoms with Crippen molar-refractivity contribution >= 4 is 23.8 Å². The quantitative estimate of drug-likeness (QED) is 0.647. The summed E-state index contributed by atoms with van der Waals surface area (Å²) < 4.78 is 0.228. The Morgan fingerprint density at radius 2 is 2.12 bits per heavy atom. The average Bonchev–Trinajstić information content (AvgIpc) is 3.05. The highest BCUT2D eigenvalue weighted by Crippen LogP contribution is 2.46. The molecule has 6 heteroatoms. The van der Waals surface area contributed by atoms with Crippen LogP contribution in [0.4, 0.5) is 4.79 Å². The minimum absolute atomic E-state index is 0.0302. The summed E-state index contributed by atoms with van der Waals surface area (Å²) in [5.74, 6) is -0.889. The third kappa shape index (κ3) is 4.85. The number of carboxylic acid groups (broad SMARTS) is 1. The number of carbonyl (C=O) groups is 2. The summed E-state index contributed by atoms with van der Waals surface area (Å²) in [5, 5.41) is 14.2. The van der Waals surface area contributed by atoms with Crippen molar-refractivity contribution < 1.29 is 14.7 Å². The van der Waals surface area contributed by atoms with Crippen molar-refractivity contribution in [3.05, 3.63) is 0 Å². The largest absolute Gasteiger partial charge is 0.481 e. The molecular formula is C11H20N2O3S. The Hall–Kier alpha value is -0.910. The first-order chi connectivity index (χ1) is 8.01. The van der Waals surface area contributed by atoms with Crippen molar-refractivity contribution in [3.8, 4) is 0 Å². The van der Waals surface area contributed by atoms with Crippen molar-refractivity contribution in [2.24, 2.45) is 0 Å². The predicted molar refractivity (Wildman–Crippen MR) is 68.3 cm³/mol. The molecule has 17 heavy (non-hydrogen) atoms. The second-order valence-corrected chi connectivity index (χ2v) is 5.69. The fourth-order valence-corrected chi connectivity index (χ4v) is 2.31. The molecule has 1 fully saturated rings. The van der Waals surface area contributed by atoms with Crippen LogP contribution in [0.2, 0.25) is 0 Å². The molecule has 0 aromatic carbocycles. The van der Waals surface area contributed by atoms with Crippen LogP contribution in [0.1, 0.15) is 32.6 Å². The summed E-state index contributed by atoms with van der Waals surface area (Å²) in [7, 11) is 0. The number of hydrogen-bond acceptors (Lipinski definition) is 3. The van der Waals surface area contributed by atoms with Crippen LogP contribution in [0.5, 0.6) is 0 Å². The van der Waals surface area contributed by atoms with Gasteiger partial charge >= 0.3 is 12.0 Å². The minimum atomic E-state index is -0.889. The fraction of sp³-hybridized carbons (Fsp3) is 0.818. The molecule has 1 aliphatic carbocycles. The Balaban J connectivity index is 2.25. The first-order valence-electron chi connectivity index (χ1n) is 5.82. The maximum atomic E-state index is 11.6. The lowest BCUT2D eigenvalue weighted by Gasteiger charge is -2.17. The Labute approximate surface area is 106 Å². The van der Waals surface area contributed by atoms with E-state index < -0.39 is 5.97 Å². The van der Waals surface area contributed by atoms with Crippen LogP contribution < -0.4 is 10.6 Å². The van der Waals surface area contributed by atoms with Gasteiger partial charge < -0.3 is 15.7 Å². The van der Waals surface area contributed by atoms with Crippen LogP contribution in [-0.4, -0.2) is 40.7 Å². The van der Waals surface area contributed by atoms with Gasteiger partial charge in [-0.2, -0.15) is 11.8 Å². The van der Waals surface area contributed by atoms with Gasteiger partial charge in [0, 0.05) is 17.3 Å². The molecule has 98 valence electrons. The van der Waals surface area contributed by atoms with E-state index in [1.165, 1.54) is 0 Å². The fourth-order valence-electron chi connectivity index (χ4n) is 1.58. The SMILES string of the molecule is CCC(CC(=O)O)NC(=O)NCC1(SC)CC1. The van der Waals surface area contributed by atoms with E-state index in [1.807, 2.05) is 13.2 Å². The van der Waals surface area contributed by atoms with Crippen molar-refractivity contribution in [1.82, 2.24) is 10.6 Å². The number of urea groups is 1. The Bertz CT molecular complexity index is 292. The van der Waals surface area contributed by atoms with E-state index in [4.69, 9.17) is 5.11 Å². The summed E-state index contributed by atoms with van der Waals surface area (Å²) >= 11 is 1.78. The van der Waals surface area contributed by atoms with Gasteiger partial charge in [-0.25, -0.2) is 4.79 Å². The lowest BCUT2D eigenvalue weighted by molar-refractivity contribution is -0.137. The van der Waals surface area contributed by atoms with Crippen molar-refractivity contribution in [3.63, 3.8) is 0 Å². The number of hydrogen-bond donors (Lipinski definition) is 3. The number of thioether (sulfide) groups is 1. The Morgan fingerprint density at radius 3 is 2.53 bits per heavy atom. The average molecular weight is 260 g/mol. The molecule has 0 saturated heterocycles. The van der Waals surface area contributed by atoms with Crippen molar-refractivity contribution in [1.29, 1.82) is 0 Å². The van der Waals surface area contributed by atoms with Gasteiger partial charge in [-0.15, -0.1) is 0 Å².